The number of unbranched alkanes of at least 4 members (excludes halogenated alkanes) is 14. The number of rotatable bonds is 20. The summed E-state index contributed by atoms with van der Waals surface area (Å²) in [5.74, 6) is -0.596. The van der Waals surface area contributed by atoms with Crippen molar-refractivity contribution in [1.82, 2.24) is 10.2 Å². The summed E-state index contributed by atoms with van der Waals surface area (Å²) in [4.78, 5) is 23.3. The van der Waals surface area contributed by atoms with Gasteiger partial charge in [-0.25, -0.2) is 0 Å². The van der Waals surface area contributed by atoms with Crippen LogP contribution in [0.2, 0.25) is 0 Å². The standard InChI is InChI=1S/C25H50N2O2.C2H4O2/c1-2-3-4-5-6-7-8-9-10-11-12-13-14-15-16-18-25(28)26-19-17-20-27-21-23-29-24-22-27;1-2(3)4/h2-24H2,1H3,(H,26,28);1H3,(H,3,4). The SMILES string of the molecule is CC(=O)O.CCCCCCCCCCCCCCCCCC(=O)NCCCN1CCOCC1. The van der Waals surface area contributed by atoms with E-state index in [1.807, 2.05) is 0 Å². The van der Waals surface area contributed by atoms with Crippen LogP contribution in [0, 0.1) is 0 Å². The molecule has 0 bridgehead atoms. The molecule has 33 heavy (non-hydrogen) atoms. The molecule has 0 aliphatic carbocycles. The smallest absolute Gasteiger partial charge is 0.300 e. The third-order valence-corrected chi connectivity index (χ3v) is 6.08. The number of carboxylic acid groups (broad SMARTS) is 1. The van der Waals surface area contributed by atoms with Crippen molar-refractivity contribution < 1.29 is 19.4 Å². The van der Waals surface area contributed by atoms with Gasteiger partial charge >= 0.3 is 0 Å². The number of nitrogens with one attached hydrogen (secondary N) is 1. The summed E-state index contributed by atoms with van der Waals surface area (Å²) < 4.78 is 5.35. The summed E-state index contributed by atoms with van der Waals surface area (Å²) in [7, 11) is 0. The van der Waals surface area contributed by atoms with Crippen LogP contribution in [0.25, 0.3) is 0 Å². The summed E-state index contributed by atoms with van der Waals surface area (Å²) in [6.07, 6.45) is 22.3. The van der Waals surface area contributed by atoms with Crippen LogP contribution >= 0.6 is 0 Å². The molecule has 6 nitrogen and oxygen atoms in total. The number of carbonyl (C=O) groups is 2. The molecule has 0 atom stereocenters. The van der Waals surface area contributed by atoms with Gasteiger partial charge in [-0.3, -0.25) is 14.5 Å². The zero-order chi connectivity index (χ0) is 24.4. The maximum absolute atomic E-state index is 11.9. The predicted molar refractivity (Wildman–Crippen MR) is 138 cm³/mol. The van der Waals surface area contributed by atoms with Gasteiger partial charge in [0.15, 0.2) is 0 Å². The first-order chi connectivity index (χ1) is 16.1. The minimum Gasteiger partial charge on any atom is -0.481 e. The molecule has 196 valence electrons. The summed E-state index contributed by atoms with van der Waals surface area (Å²) in [5.41, 5.74) is 0. The topological polar surface area (TPSA) is 78.9 Å². The van der Waals surface area contributed by atoms with E-state index < -0.39 is 5.97 Å². The minimum absolute atomic E-state index is 0.238. The Kier molecular flexibility index (Phi) is 24.6. The number of ether oxygens (including phenoxy) is 1. The van der Waals surface area contributed by atoms with Crippen molar-refractivity contribution in [3.8, 4) is 0 Å². The molecule has 0 spiro atoms. The highest BCUT2D eigenvalue weighted by molar-refractivity contribution is 5.75. The molecule has 1 fully saturated rings. The summed E-state index contributed by atoms with van der Waals surface area (Å²) in [6.45, 7) is 9.03. The Hall–Kier alpha value is -1.14. The number of carboxylic acids is 1. The third kappa shape index (κ3) is 27.0. The maximum Gasteiger partial charge on any atom is 0.300 e. The fourth-order valence-electron chi connectivity index (χ4n) is 4.10. The van der Waals surface area contributed by atoms with E-state index in [2.05, 4.69) is 17.1 Å². The van der Waals surface area contributed by atoms with Crippen molar-refractivity contribution in [2.75, 3.05) is 39.4 Å². The molecule has 0 saturated carbocycles. The molecule has 1 saturated heterocycles. The van der Waals surface area contributed by atoms with Gasteiger partial charge in [-0.2, -0.15) is 0 Å². The van der Waals surface area contributed by atoms with Gasteiger partial charge in [0.25, 0.3) is 5.97 Å². The molecule has 0 aromatic carbocycles. The second-order valence-corrected chi connectivity index (χ2v) is 9.38. The lowest BCUT2D eigenvalue weighted by Crippen LogP contribution is -2.38. The van der Waals surface area contributed by atoms with Crippen LogP contribution in [-0.2, 0) is 14.3 Å². The Morgan fingerprint density at radius 3 is 1.64 bits per heavy atom. The van der Waals surface area contributed by atoms with Crippen LogP contribution in [0.15, 0.2) is 0 Å². The zero-order valence-electron chi connectivity index (χ0n) is 21.9. The van der Waals surface area contributed by atoms with E-state index in [0.29, 0.717) is 6.42 Å². The molecule has 1 heterocycles. The number of hydrogen-bond acceptors (Lipinski definition) is 4. The molecule has 0 unspecified atom stereocenters. The quantitative estimate of drug-likeness (QED) is 0.208. The van der Waals surface area contributed by atoms with E-state index in [-0.39, 0.29) is 5.91 Å². The van der Waals surface area contributed by atoms with Crippen LogP contribution in [0.4, 0.5) is 0 Å². The predicted octanol–water partition coefficient (Wildman–Crippen LogP) is 6.18. The van der Waals surface area contributed by atoms with Crippen molar-refractivity contribution in [2.45, 2.75) is 123 Å². The Morgan fingerprint density at radius 2 is 1.18 bits per heavy atom. The van der Waals surface area contributed by atoms with Gasteiger partial charge in [0, 0.05) is 33.0 Å². The summed E-state index contributed by atoms with van der Waals surface area (Å²) in [6, 6.07) is 0. The van der Waals surface area contributed by atoms with Crippen LogP contribution in [0.5, 0.6) is 0 Å². The lowest BCUT2D eigenvalue weighted by Gasteiger charge is -2.26. The van der Waals surface area contributed by atoms with Gasteiger partial charge in [-0.1, -0.05) is 96.8 Å². The number of morpholine rings is 1. The average molecular weight is 471 g/mol. The van der Waals surface area contributed by atoms with Crippen molar-refractivity contribution >= 4 is 11.9 Å². The zero-order valence-corrected chi connectivity index (χ0v) is 21.9. The molecule has 1 rings (SSSR count). The van der Waals surface area contributed by atoms with Gasteiger partial charge < -0.3 is 15.2 Å². The van der Waals surface area contributed by atoms with Crippen molar-refractivity contribution in [3.63, 3.8) is 0 Å². The average Bonchev–Trinajstić information content (AvgIpc) is 2.79. The maximum atomic E-state index is 11.9. The molecular formula is C27H54N2O4. The number of amides is 1. The van der Waals surface area contributed by atoms with E-state index in [0.717, 1.165) is 59.2 Å². The van der Waals surface area contributed by atoms with Gasteiger partial charge in [0.05, 0.1) is 13.2 Å². The summed E-state index contributed by atoms with van der Waals surface area (Å²) in [5, 5.41) is 10.5. The van der Waals surface area contributed by atoms with E-state index >= 15 is 0 Å². The second kappa shape index (κ2) is 25.5. The van der Waals surface area contributed by atoms with Gasteiger partial charge in [-0.05, 0) is 19.4 Å². The second-order valence-electron chi connectivity index (χ2n) is 9.38. The van der Waals surface area contributed by atoms with E-state index in [9.17, 15) is 4.79 Å². The molecule has 0 radical (unpaired) electrons. The minimum atomic E-state index is -0.833. The monoisotopic (exact) mass is 470 g/mol. The number of hydrogen-bond donors (Lipinski definition) is 2. The fraction of sp³-hybridized carbons (Fsp3) is 0.926. The highest BCUT2D eigenvalue weighted by Gasteiger charge is 2.09. The lowest BCUT2D eigenvalue weighted by atomic mass is 10.0. The Balaban J connectivity index is 0.00000235. The van der Waals surface area contributed by atoms with E-state index in [4.69, 9.17) is 14.6 Å². The molecule has 1 aliphatic rings. The highest BCUT2D eigenvalue weighted by atomic mass is 16.5. The molecule has 2 N–H and O–H groups in total. The third-order valence-electron chi connectivity index (χ3n) is 6.08. The molecular weight excluding hydrogens is 416 g/mol. The van der Waals surface area contributed by atoms with Gasteiger partial charge in [0.2, 0.25) is 5.91 Å². The first-order valence-electron chi connectivity index (χ1n) is 13.8. The van der Waals surface area contributed by atoms with Crippen molar-refractivity contribution in [1.29, 1.82) is 0 Å². The van der Waals surface area contributed by atoms with Crippen LogP contribution in [0.3, 0.4) is 0 Å². The van der Waals surface area contributed by atoms with E-state index in [1.54, 1.807) is 0 Å². The lowest BCUT2D eigenvalue weighted by molar-refractivity contribution is -0.134. The number of nitrogens with zero attached hydrogens (tertiary/aromatic N) is 1. The van der Waals surface area contributed by atoms with Crippen LogP contribution in [0.1, 0.15) is 123 Å². The number of aliphatic carboxylic acids is 1. The molecule has 0 aromatic heterocycles. The molecule has 1 amide bonds. The van der Waals surface area contributed by atoms with Crippen LogP contribution < -0.4 is 5.32 Å². The fourth-order valence-corrected chi connectivity index (χ4v) is 4.10. The van der Waals surface area contributed by atoms with Crippen molar-refractivity contribution in [3.05, 3.63) is 0 Å². The van der Waals surface area contributed by atoms with Gasteiger partial charge in [0.1, 0.15) is 0 Å². The first-order valence-corrected chi connectivity index (χ1v) is 13.8. The molecule has 1 aliphatic heterocycles. The number of carbonyl (C=O) groups excluding carboxylic acids is 1. The normalized spacial score (nSPS) is 13.9. The highest BCUT2D eigenvalue weighted by Crippen LogP contribution is 2.13. The van der Waals surface area contributed by atoms with Gasteiger partial charge in [-0.15, -0.1) is 0 Å². The molecule has 0 aromatic rings. The summed E-state index contributed by atoms with van der Waals surface area (Å²) >= 11 is 0. The first kappa shape index (κ1) is 31.9. The van der Waals surface area contributed by atoms with Crippen molar-refractivity contribution in [2.24, 2.45) is 0 Å². The van der Waals surface area contributed by atoms with Crippen LogP contribution in [-0.4, -0.2) is 61.3 Å². The largest absolute Gasteiger partial charge is 0.481 e. The Bertz CT molecular complexity index is 436. The Labute approximate surface area is 204 Å². The molecule has 6 heteroatoms. The Morgan fingerprint density at radius 1 is 0.758 bits per heavy atom. The van der Waals surface area contributed by atoms with E-state index in [1.165, 1.54) is 89.9 Å².